The number of carbonyl (C=O) groups excluding carboxylic acids is 1. The molecule has 1 aliphatic carbocycles. The molecular weight excluding hydrogens is 400 g/mol. The molecule has 0 bridgehead atoms. The number of allylic oxidation sites excluding steroid dienone is 1. The van der Waals surface area contributed by atoms with Gasteiger partial charge in [0.05, 0.1) is 25.8 Å². The Kier molecular flexibility index (Phi) is 8.27. The van der Waals surface area contributed by atoms with E-state index < -0.39 is 0 Å². The van der Waals surface area contributed by atoms with Crippen LogP contribution in [0, 0.1) is 6.92 Å². The summed E-state index contributed by atoms with van der Waals surface area (Å²) in [5.74, 6) is 1.54. The molecule has 0 atom stereocenters. The largest absolute Gasteiger partial charge is 0.493 e. The van der Waals surface area contributed by atoms with Crippen molar-refractivity contribution in [3.8, 4) is 11.5 Å². The first kappa shape index (κ1) is 24.2. The minimum atomic E-state index is -0.0834. The summed E-state index contributed by atoms with van der Waals surface area (Å²) in [5, 5.41) is 6.68. The van der Waals surface area contributed by atoms with Crippen molar-refractivity contribution in [2.45, 2.75) is 90.5 Å². The van der Waals surface area contributed by atoms with Crippen molar-refractivity contribution >= 4 is 17.7 Å². The van der Waals surface area contributed by atoms with Gasteiger partial charge in [-0.1, -0.05) is 52.0 Å². The highest BCUT2D eigenvalue weighted by molar-refractivity contribution is 5.89. The molecule has 2 N–H and O–H groups in total. The third kappa shape index (κ3) is 5.87. The third-order valence-corrected chi connectivity index (χ3v) is 6.64. The molecule has 176 valence electrons. The Labute approximate surface area is 193 Å². The number of unbranched alkanes of at least 4 members (excludes halogenated alkanes) is 3. The van der Waals surface area contributed by atoms with Crippen molar-refractivity contribution in [2.75, 3.05) is 19.0 Å². The van der Waals surface area contributed by atoms with Gasteiger partial charge in [-0.05, 0) is 56.4 Å². The molecular formula is C27H40N2O3. The zero-order valence-electron chi connectivity index (χ0n) is 20.4. The number of hydrogen-bond acceptors (Lipinski definition) is 4. The van der Waals surface area contributed by atoms with Crippen LogP contribution in [0.3, 0.4) is 0 Å². The van der Waals surface area contributed by atoms with Gasteiger partial charge in [0.25, 0.3) is 0 Å². The van der Waals surface area contributed by atoms with Gasteiger partial charge in [-0.3, -0.25) is 4.79 Å². The fraction of sp³-hybridized carbons (Fsp3) is 0.593. The quantitative estimate of drug-likeness (QED) is 0.407. The van der Waals surface area contributed by atoms with Crippen LogP contribution in [-0.2, 0) is 4.79 Å². The van der Waals surface area contributed by atoms with Crippen LogP contribution < -0.4 is 20.1 Å². The molecule has 1 amide bonds. The lowest BCUT2D eigenvalue weighted by Crippen LogP contribution is -2.47. The van der Waals surface area contributed by atoms with Gasteiger partial charge in [0, 0.05) is 16.8 Å². The molecule has 1 aromatic rings. The number of ether oxygens (including phenoxy) is 2. The number of nitrogens with one attached hydrogen (secondary N) is 2. The van der Waals surface area contributed by atoms with Crippen LogP contribution in [0.2, 0.25) is 0 Å². The number of fused-ring (bicyclic) bond motifs is 1. The van der Waals surface area contributed by atoms with Crippen molar-refractivity contribution in [1.29, 1.82) is 0 Å². The standard InChI is InChI=1S/C27H40N2O3/c1-6-7-8-12-15-32-26-24-22(16-19(2)25(26)31-5)17-21(20(3)28-24)18-23(30)29-27(4)13-10-9-11-14-27/h16-17,28H,3,6-15,18H2,1-2,4-5H3,(H,29,30). The van der Waals surface area contributed by atoms with E-state index in [4.69, 9.17) is 9.47 Å². The number of methoxy groups -OCH3 is 1. The van der Waals surface area contributed by atoms with Crippen LogP contribution in [0.15, 0.2) is 23.9 Å². The Bertz CT molecular complexity index is 866. The van der Waals surface area contributed by atoms with E-state index in [1.165, 1.54) is 32.1 Å². The molecule has 0 radical (unpaired) electrons. The topological polar surface area (TPSA) is 59.6 Å². The second-order valence-electron chi connectivity index (χ2n) is 9.55. The van der Waals surface area contributed by atoms with Gasteiger partial charge in [0.2, 0.25) is 5.91 Å². The molecule has 0 spiro atoms. The van der Waals surface area contributed by atoms with Crippen LogP contribution in [0.4, 0.5) is 5.69 Å². The maximum absolute atomic E-state index is 12.8. The van der Waals surface area contributed by atoms with E-state index in [9.17, 15) is 4.79 Å². The molecule has 0 aromatic heterocycles. The summed E-state index contributed by atoms with van der Waals surface area (Å²) in [4.78, 5) is 12.8. The van der Waals surface area contributed by atoms with Gasteiger partial charge in [-0.25, -0.2) is 0 Å². The molecule has 5 heteroatoms. The molecule has 1 heterocycles. The van der Waals surface area contributed by atoms with E-state index >= 15 is 0 Å². The SMILES string of the molecule is C=C1Nc2c(cc(C)c(OC)c2OCCCCCC)C=C1CC(=O)NC1(C)CCCCC1. The molecule has 3 rings (SSSR count). The number of anilines is 1. The zero-order valence-corrected chi connectivity index (χ0v) is 20.4. The van der Waals surface area contributed by atoms with Gasteiger partial charge in [0.1, 0.15) is 0 Å². The van der Waals surface area contributed by atoms with Crippen molar-refractivity contribution < 1.29 is 14.3 Å². The Morgan fingerprint density at radius 2 is 1.94 bits per heavy atom. The number of carbonyl (C=O) groups is 1. The first-order chi connectivity index (χ1) is 15.4. The molecule has 32 heavy (non-hydrogen) atoms. The summed E-state index contributed by atoms with van der Waals surface area (Å²) in [6.45, 7) is 11.2. The van der Waals surface area contributed by atoms with Crippen LogP contribution in [-0.4, -0.2) is 25.2 Å². The molecule has 2 aliphatic rings. The minimum absolute atomic E-state index is 0.0599. The summed E-state index contributed by atoms with van der Waals surface area (Å²) in [7, 11) is 1.67. The van der Waals surface area contributed by atoms with Gasteiger partial charge in [-0.2, -0.15) is 0 Å². The van der Waals surface area contributed by atoms with E-state index in [0.717, 1.165) is 65.3 Å². The third-order valence-electron chi connectivity index (χ3n) is 6.64. The fourth-order valence-corrected chi connectivity index (χ4v) is 4.81. The van der Waals surface area contributed by atoms with Crippen LogP contribution in [0.1, 0.15) is 89.2 Å². The summed E-state index contributed by atoms with van der Waals surface area (Å²) >= 11 is 0. The Morgan fingerprint density at radius 3 is 2.62 bits per heavy atom. The maximum Gasteiger partial charge on any atom is 0.224 e. The van der Waals surface area contributed by atoms with E-state index in [2.05, 4.69) is 43.2 Å². The van der Waals surface area contributed by atoms with E-state index in [0.29, 0.717) is 13.0 Å². The Morgan fingerprint density at radius 1 is 1.19 bits per heavy atom. The summed E-state index contributed by atoms with van der Waals surface area (Å²) in [6.07, 6.45) is 12.7. The Balaban J connectivity index is 1.77. The predicted molar refractivity (Wildman–Crippen MR) is 132 cm³/mol. The molecule has 0 saturated heterocycles. The maximum atomic E-state index is 12.8. The lowest BCUT2D eigenvalue weighted by molar-refractivity contribution is -0.122. The van der Waals surface area contributed by atoms with Crippen LogP contribution in [0.5, 0.6) is 11.5 Å². The minimum Gasteiger partial charge on any atom is -0.493 e. The number of aryl methyl sites for hydroxylation is 1. The van der Waals surface area contributed by atoms with Gasteiger partial charge in [-0.15, -0.1) is 0 Å². The average molecular weight is 441 g/mol. The summed E-state index contributed by atoms with van der Waals surface area (Å²) in [6, 6.07) is 2.08. The number of rotatable bonds is 10. The lowest BCUT2D eigenvalue weighted by atomic mass is 9.83. The predicted octanol–water partition coefficient (Wildman–Crippen LogP) is 6.51. The van der Waals surface area contributed by atoms with E-state index in [-0.39, 0.29) is 11.4 Å². The van der Waals surface area contributed by atoms with Crippen LogP contribution in [0.25, 0.3) is 6.08 Å². The van der Waals surface area contributed by atoms with E-state index in [1.807, 2.05) is 6.92 Å². The highest BCUT2D eigenvalue weighted by atomic mass is 16.5. The molecule has 1 saturated carbocycles. The normalized spacial score (nSPS) is 17.1. The molecule has 1 aliphatic heterocycles. The summed E-state index contributed by atoms with van der Waals surface area (Å²) < 4.78 is 11.9. The number of amides is 1. The Hall–Kier alpha value is -2.43. The second-order valence-corrected chi connectivity index (χ2v) is 9.55. The van der Waals surface area contributed by atoms with Gasteiger partial charge in [0.15, 0.2) is 11.5 Å². The molecule has 5 nitrogen and oxygen atoms in total. The number of benzene rings is 1. The highest BCUT2D eigenvalue weighted by Crippen LogP contribution is 2.45. The zero-order chi connectivity index (χ0) is 23.1. The van der Waals surface area contributed by atoms with Crippen molar-refractivity contribution in [3.63, 3.8) is 0 Å². The molecule has 0 unspecified atom stereocenters. The first-order valence-corrected chi connectivity index (χ1v) is 12.2. The molecule has 1 aromatic carbocycles. The van der Waals surface area contributed by atoms with Crippen molar-refractivity contribution in [3.05, 3.63) is 35.0 Å². The second kappa shape index (κ2) is 10.9. The lowest BCUT2D eigenvalue weighted by Gasteiger charge is -2.35. The highest BCUT2D eigenvalue weighted by Gasteiger charge is 2.29. The smallest absolute Gasteiger partial charge is 0.224 e. The average Bonchev–Trinajstić information content (AvgIpc) is 2.74. The first-order valence-electron chi connectivity index (χ1n) is 12.2. The van der Waals surface area contributed by atoms with Gasteiger partial charge >= 0.3 is 0 Å². The molecule has 1 fully saturated rings. The summed E-state index contributed by atoms with van der Waals surface area (Å²) in [5.41, 5.74) is 4.46. The van der Waals surface area contributed by atoms with Crippen molar-refractivity contribution in [2.24, 2.45) is 0 Å². The monoisotopic (exact) mass is 440 g/mol. The van der Waals surface area contributed by atoms with Crippen molar-refractivity contribution in [1.82, 2.24) is 5.32 Å². The van der Waals surface area contributed by atoms with Crippen LogP contribution >= 0.6 is 0 Å². The number of hydrogen-bond donors (Lipinski definition) is 2. The fourth-order valence-electron chi connectivity index (χ4n) is 4.81. The van der Waals surface area contributed by atoms with Gasteiger partial charge < -0.3 is 20.1 Å². The van der Waals surface area contributed by atoms with E-state index in [1.54, 1.807) is 7.11 Å².